The van der Waals surface area contributed by atoms with E-state index in [1.807, 2.05) is 24.3 Å². The van der Waals surface area contributed by atoms with Crippen LogP contribution in [0.2, 0.25) is 0 Å². The molecular weight excluding hydrogens is 381 g/mol. The van der Waals surface area contributed by atoms with Crippen molar-refractivity contribution < 1.29 is 14.3 Å². The largest absolute Gasteiger partial charge is 0.464 e. The second-order valence-electron chi connectivity index (χ2n) is 4.35. The lowest BCUT2D eigenvalue weighted by atomic mass is 10.1. The highest BCUT2D eigenvalue weighted by atomic mass is 127. The molecule has 0 aliphatic rings. The predicted octanol–water partition coefficient (Wildman–Crippen LogP) is 2.49. The first-order valence-corrected chi connectivity index (χ1v) is 7.79. The Morgan fingerprint density at radius 3 is 2.57 bits per heavy atom. The van der Waals surface area contributed by atoms with Crippen LogP contribution in [-0.4, -0.2) is 24.5 Å². The van der Waals surface area contributed by atoms with Crippen LogP contribution in [0.25, 0.3) is 0 Å². The van der Waals surface area contributed by atoms with Gasteiger partial charge in [-0.05, 0) is 60.2 Å². The molecule has 1 atom stereocenters. The molecule has 1 rings (SSSR count). The maximum Gasteiger partial charge on any atom is 0.328 e. The van der Waals surface area contributed by atoms with Gasteiger partial charge in [-0.3, -0.25) is 4.79 Å². The Morgan fingerprint density at radius 2 is 2.00 bits per heavy atom. The van der Waals surface area contributed by atoms with Gasteiger partial charge in [0.15, 0.2) is 0 Å². The van der Waals surface area contributed by atoms with Crippen molar-refractivity contribution in [1.82, 2.24) is 5.32 Å². The summed E-state index contributed by atoms with van der Waals surface area (Å²) in [4.78, 5) is 22.8. The number of carbonyl (C=O) groups is 2. The molecule has 1 aromatic carbocycles. The van der Waals surface area contributed by atoms with E-state index in [1.54, 1.807) is 6.92 Å². The van der Waals surface area contributed by atoms with Gasteiger partial charge in [0, 0.05) is 22.5 Å². The predicted molar refractivity (Wildman–Crippen MR) is 89.5 cm³/mol. The first-order chi connectivity index (χ1) is 10.0. The molecule has 0 saturated carbocycles. The molecular formula is C16H18INO3. The van der Waals surface area contributed by atoms with Crippen LogP contribution in [0.4, 0.5) is 0 Å². The van der Waals surface area contributed by atoms with Gasteiger partial charge in [0.2, 0.25) is 5.91 Å². The van der Waals surface area contributed by atoms with Crippen LogP contribution in [0.3, 0.4) is 0 Å². The summed E-state index contributed by atoms with van der Waals surface area (Å²) in [6.07, 6.45) is 0.950. The second kappa shape index (κ2) is 9.40. The van der Waals surface area contributed by atoms with Gasteiger partial charge < -0.3 is 10.1 Å². The summed E-state index contributed by atoms with van der Waals surface area (Å²) in [5.74, 6) is 5.38. The first kappa shape index (κ1) is 17.5. The number of nitrogens with one attached hydrogen (secondary N) is 1. The third-order valence-electron chi connectivity index (χ3n) is 2.58. The fraction of sp³-hybridized carbons (Fsp3) is 0.375. The number of rotatable bonds is 5. The number of esters is 1. The van der Waals surface area contributed by atoms with E-state index in [1.165, 1.54) is 6.92 Å². The van der Waals surface area contributed by atoms with E-state index in [9.17, 15) is 9.59 Å². The molecule has 0 fully saturated rings. The fourth-order valence-electron chi connectivity index (χ4n) is 1.65. The smallest absolute Gasteiger partial charge is 0.328 e. The molecule has 0 radical (unpaired) electrons. The van der Waals surface area contributed by atoms with Gasteiger partial charge in [0.1, 0.15) is 6.04 Å². The van der Waals surface area contributed by atoms with Crippen molar-refractivity contribution in [2.45, 2.75) is 32.7 Å². The molecule has 0 saturated heterocycles. The van der Waals surface area contributed by atoms with Gasteiger partial charge in [-0.25, -0.2) is 4.79 Å². The number of benzene rings is 1. The van der Waals surface area contributed by atoms with E-state index in [4.69, 9.17) is 4.74 Å². The summed E-state index contributed by atoms with van der Waals surface area (Å²) in [6, 6.07) is 7.25. The zero-order valence-electron chi connectivity index (χ0n) is 12.1. The van der Waals surface area contributed by atoms with Crippen LogP contribution in [0.5, 0.6) is 0 Å². The Hall–Kier alpha value is -1.55. The fourth-order valence-corrected chi connectivity index (χ4v) is 2.01. The second-order valence-corrected chi connectivity index (χ2v) is 5.60. The minimum Gasteiger partial charge on any atom is -0.464 e. The standard InChI is InChI=1S/C16H18INO3/c1-3-21-16(20)15(18-12(2)19)7-5-4-6-13-8-10-14(17)11-9-13/h8-11,15H,3,5,7H2,1-2H3,(H,18,19)/t15-/m0/s1. The number of amides is 1. The molecule has 0 unspecified atom stereocenters. The highest BCUT2D eigenvalue weighted by Crippen LogP contribution is 2.06. The van der Waals surface area contributed by atoms with Gasteiger partial charge in [0.05, 0.1) is 6.61 Å². The van der Waals surface area contributed by atoms with E-state index < -0.39 is 12.0 Å². The normalized spacial score (nSPS) is 11.0. The number of hydrogen-bond donors (Lipinski definition) is 1. The topological polar surface area (TPSA) is 55.4 Å². The Bertz CT molecular complexity index is 543. The molecule has 1 aromatic rings. The minimum atomic E-state index is -0.631. The Balaban J connectivity index is 2.55. The molecule has 0 aliphatic carbocycles. The average Bonchev–Trinajstić information content (AvgIpc) is 2.44. The average molecular weight is 399 g/mol. The summed E-state index contributed by atoms with van der Waals surface area (Å²) in [5.41, 5.74) is 0.933. The highest BCUT2D eigenvalue weighted by molar-refractivity contribution is 14.1. The maximum atomic E-state index is 11.7. The van der Waals surface area contributed by atoms with Crippen molar-refractivity contribution in [2.24, 2.45) is 0 Å². The van der Waals surface area contributed by atoms with Gasteiger partial charge in [-0.2, -0.15) is 0 Å². The van der Waals surface area contributed by atoms with Gasteiger partial charge >= 0.3 is 5.97 Å². The lowest BCUT2D eigenvalue weighted by Crippen LogP contribution is -2.40. The molecule has 4 nitrogen and oxygen atoms in total. The molecule has 0 aliphatic heterocycles. The van der Waals surface area contributed by atoms with E-state index in [0.29, 0.717) is 19.4 Å². The quantitative estimate of drug-likeness (QED) is 0.470. The van der Waals surface area contributed by atoms with Crippen LogP contribution in [0.1, 0.15) is 32.3 Å². The van der Waals surface area contributed by atoms with Crippen LogP contribution < -0.4 is 5.32 Å². The lowest BCUT2D eigenvalue weighted by Gasteiger charge is -2.14. The number of carbonyl (C=O) groups excluding carboxylic acids is 2. The highest BCUT2D eigenvalue weighted by Gasteiger charge is 2.19. The molecule has 5 heteroatoms. The van der Waals surface area contributed by atoms with Gasteiger partial charge in [0.25, 0.3) is 0 Å². The van der Waals surface area contributed by atoms with Crippen molar-refractivity contribution in [3.05, 3.63) is 33.4 Å². The molecule has 0 bridgehead atoms. The molecule has 21 heavy (non-hydrogen) atoms. The number of halogens is 1. The minimum absolute atomic E-state index is 0.251. The van der Waals surface area contributed by atoms with Crippen molar-refractivity contribution in [2.75, 3.05) is 6.61 Å². The van der Waals surface area contributed by atoms with Crippen LogP contribution in [0, 0.1) is 15.4 Å². The van der Waals surface area contributed by atoms with Gasteiger partial charge in [-0.15, -0.1) is 0 Å². The Kier molecular flexibility index (Phi) is 7.83. The van der Waals surface area contributed by atoms with E-state index in [-0.39, 0.29) is 5.91 Å². The van der Waals surface area contributed by atoms with Crippen LogP contribution >= 0.6 is 22.6 Å². The summed E-state index contributed by atoms with van der Waals surface area (Å²) < 4.78 is 6.09. The maximum absolute atomic E-state index is 11.7. The lowest BCUT2D eigenvalue weighted by molar-refractivity contribution is -0.147. The van der Waals surface area contributed by atoms with E-state index in [0.717, 1.165) is 9.13 Å². The Morgan fingerprint density at radius 1 is 1.33 bits per heavy atom. The zero-order chi connectivity index (χ0) is 15.7. The molecule has 0 heterocycles. The molecule has 112 valence electrons. The summed E-state index contributed by atoms with van der Waals surface area (Å²) in [6.45, 7) is 3.41. The molecule has 1 amide bonds. The SMILES string of the molecule is CCOC(=O)[C@H](CCC#Cc1ccc(I)cc1)NC(C)=O. The molecule has 0 spiro atoms. The first-order valence-electron chi connectivity index (χ1n) is 6.71. The van der Waals surface area contributed by atoms with Crippen molar-refractivity contribution in [3.8, 4) is 11.8 Å². The number of ether oxygens (including phenoxy) is 1. The summed E-state index contributed by atoms with van der Waals surface area (Å²) >= 11 is 2.24. The van der Waals surface area contributed by atoms with Crippen LogP contribution in [0.15, 0.2) is 24.3 Å². The van der Waals surface area contributed by atoms with E-state index >= 15 is 0 Å². The summed E-state index contributed by atoms with van der Waals surface area (Å²) in [5, 5.41) is 2.59. The van der Waals surface area contributed by atoms with Crippen molar-refractivity contribution in [1.29, 1.82) is 0 Å². The monoisotopic (exact) mass is 399 g/mol. The number of hydrogen-bond acceptors (Lipinski definition) is 3. The van der Waals surface area contributed by atoms with E-state index in [2.05, 4.69) is 39.7 Å². The zero-order valence-corrected chi connectivity index (χ0v) is 14.3. The summed E-state index contributed by atoms with van der Waals surface area (Å²) in [7, 11) is 0. The third kappa shape index (κ3) is 7.14. The van der Waals surface area contributed by atoms with Gasteiger partial charge in [-0.1, -0.05) is 11.8 Å². The third-order valence-corrected chi connectivity index (χ3v) is 3.30. The molecule has 1 N–H and O–H groups in total. The Labute approximate surface area is 138 Å². The van der Waals surface area contributed by atoms with Crippen molar-refractivity contribution in [3.63, 3.8) is 0 Å². The van der Waals surface area contributed by atoms with Crippen molar-refractivity contribution >= 4 is 34.5 Å². The van der Waals surface area contributed by atoms with Crippen LogP contribution in [-0.2, 0) is 14.3 Å². The molecule has 0 aromatic heterocycles.